The molecule has 0 fully saturated rings. The van der Waals surface area contributed by atoms with Crippen LogP contribution in [0.4, 0.5) is 5.69 Å². The number of fused-ring (bicyclic) bond motifs is 1. The molecule has 0 aliphatic carbocycles. The number of carbonyl (C=O) groups excluding carboxylic acids is 1. The molecule has 0 saturated heterocycles. The van der Waals surface area contributed by atoms with E-state index >= 15 is 0 Å². The van der Waals surface area contributed by atoms with E-state index in [1.807, 2.05) is 42.5 Å². The maximum Gasteiger partial charge on any atom is 0.257 e. The Morgan fingerprint density at radius 3 is 2.60 bits per heavy atom. The van der Waals surface area contributed by atoms with E-state index in [1.165, 1.54) is 0 Å². The SMILES string of the molecule is COc1ccc(Cn2ncc3cc(C(=O)Nc4ccc(Br)cc4)cnc32)c(OC)c1. The van der Waals surface area contributed by atoms with Crippen LogP contribution < -0.4 is 14.8 Å². The molecule has 0 spiro atoms. The standard InChI is InChI=1S/C22H19BrN4O3/c1-29-19-8-3-14(20(10-19)30-2)13-27-21-15(12-25-27)9-16(11-24-21)22(28)26-18-6-4-17(23)5-7-18/h3-12H,13H2,1-2H3,(H,26,28). The molecule has 4 aromatic rings. The fraction of sp³-hybridized carbons (Fsp3) is 0.136. The summed E-state index contributed by atoms with van der Waals surface area (Å²) in [5, 5.41) is 8.08. The summed E-state index contributed by atoms with van der Waals surface area (Å²) in [6.07, 6.45) is 3.26. The lowest BCUT2D eigenvalue weighted by Crippen LogP contribution is -2.12. The molecule has 152 valence electrons. The van der Waals surface area contributed by atoms with Crippen LogP contribution in [0.25, 0.3) is 11.0 Å². The molecule has 0 saturated carbocycles. The molecule has 1 N–H and O–H groups in total. The molecule has 2 aromatic heterocycles. The average molecular weight is 467 g/mol. The Labute approximate surface area is 181 Å². The van der Waals surface area contributed by atoms with Gasteiger partial charge in [-0.15, -0.1) is 0 Å². The number of anilines is 1. The van der Waals surface area contributed by atoms with Crippen molar-refractivity contribution in [2.24, 2.45) is 0 Å². The maximum absolute atomic E-state index is 12.6. The van der Waals surface area contributed by atoms with Crippen molar-refractivity contribution < 1.29 is 14.3 Å². The van der Waals surface area contributed by atoms with E-state index in [0.717, 1.165) is 21.2 Å². The molecule has 2 aromatic carbocycles. The van der Waals surface area contributed by atoms with Crippen LogP contribution >= 0.6 is 15.9 Å². The van der Waals surface area contributed by atoms with Crippen LogP contribution in [0.2, 0.25) is 0 Å². The van der Waals surface area contributed by atoms with Gasteiger partial charge in [-0.3, -0.25) is 4.79 Å². The van der Waals surface area contributed by atoms with Gasteiger partial charge in [-0.1, -0.05) is 15.9 Å². The Bertz CT molecular complexity index is 1200. The second kappa shape index (κ2) is 8.54. The van der Waals surface area contributed by atoms with Crippen LogP contribution in [0.1, 0.15) is 15.9 Å². The highest BCUT2D eigenvalue weighted by atomic mass is 79.9. The second-order valence-corrected chi connectivity index (χ2v) is 7.49. The highest BCUT2D eigenvalue weighted by molar-refractivity contribution is 9.10. The summed E-state index contributed by atoms with van der Waals surface area (Å²) in [7, 11) is 3.23. The normalized spacial score (nSPS) is 10.8. The largest absolute Gasteiger partial charge is 0.497 e. The third kappa shape index (κ3) is 4.13. The average Bonchev–Trinajstić information content (AvgIpc) is 3.17. The van der Waals surface area contributed by atoms with Crippen LogP contribution in [0.5, 0.6) is 11.5 Å². The lowest BCUT2D eigenvalue weighted by atomic mass is 10.2. The fourth-order valence-corrected chi connectivity index (χ4v) is 3.36. The van der Waals surface area contributed by atoms with Gasteiger partial charge in [0, 0.05) is 33.4 Å². The lowest BCUT2D eigenvalue weighted by Gasteiger charge is -2.11. The number of amides is 1. The van der Waals surface area contributed by atoms with Crippen molar-refractivity contribution in [1.82, 2.24) is 14.8 Å². The number of halogens is 1. The molecular formula is C22H19BrN4O3. The van der Waals surface area contributed by atoms with Crippen LogP contribution in [-0.2, 0) is 6.54 Å². The van der Waals surface area contributed by atoms with Gasteiger partial charge in [-0.2, -0.15) is 5.10 Å². The number of rotatable bonds is 6. The van der Waals surface area contributed by atoms with Crippen molar-refractivity contribution >= 4 is 38.6 Å². The summed E-state index contributed by atoms with van der Waals surface area (Å²) in [4.78, 5) is 17.0. The Balaban J connectivity index is 1.56. The molecule has 0 aliphatic rings. The number of pyridine rings is 1. The number of hydrogen-bond donors (Lipinski definition) is 1. The predicted molar refractivity (Wildman–Crippen MR) is 118 cm³/mol. The van der Waals surface area contributed by atoms with E-state index in [-0.39, 0.29) is 5.91 Å². The first-order valence-electron chi connectivity index (χ1n) is 9.17. The zero-order chi connectivity index (χ0) is 21.1. The second-order valence-electron chi connectivity index (χ2n) is 6.58. The van der Waals surface area contributed by atoms with E-state index in [9.17, 15) is 4.79 Å². The van der Waals surface area contributed by atoms with Crippen molar-refractivity contribution in [2.75, 3.05) is 19.5 Å². The molecule has 7 nitrogen and oxygen atoms in total. The first-order valence-corrected chi connectivity index (χ1v) is 9.96. The Morgan fingerprint density at radius 2 is 1.87 bits per heavy atom. The zero-order valence-corrected chi connectivity index (χ0v) is 18.0. The highest BCUT2D eigenvalue weighted by Crippen LogP contribution is 2.26. The number of nitrogens with one attached hydrogen (secondary N) is 1. The minimum absolute atomic E-state index is 0.226. The quantitative estimate of drug-likeness (QED) is 0.452. The molecule has 0 bridgehead atoms. The molecule has 0 atom stereocenters. The van der Waals surface area contributed by atoms with Gasteiger partial charge in [0.15, 0.2) is 5.65 Å². The molecule has 4 rings (SSSR count). The number of aromatic nitrogens is 3. The first-order chi connectivity index (χ1) is 14.6. The Kier molecular flexibility index (Phi) is 5.67. The molecular weight excluding hydrogens is 448 g/mol. The van der Waals surface area contributed by atoms with Gasteiger partial charge < -0.3 is 14.8 Å². The number of benzene rings is 2. The molecule has 0 unspecified atom stereocenters. The van der Waals surface area contributed by atoms with E-state index in [4.69, 9.17) is 9.47 Å². The van der Waals surface area contributed by atoms with Crippen LogP contribution in [0.3, 0.4) is 0 Å². The molecule has 0 aliphatic heterocycles. The Morgan fingerprint density at radius 1 is 1.07 bits per heavy atom. The monoisotopic (exact) mass is 466 g/mol. The number of hydrogen-bond acceptors (Lipinski definition) is 5. The van der Waals surface area contributed by atoms with Gasteiger partial charge in [0.2, 0.25) is 0 Å². The van der Waals surface area contributed by atoms with E-state index in [2.05, 4.69) is 31.3 Å². The van der Waals surface area contributed by atoms with Crippen LogP contribution in [0, 0.1) is 0 Å². The van der Waals surface area contributed by atoms with E-state index in [1.54, 1.807) is 37.4 Å². The molecule has 30 heavy (non-hydrogen) atoms. The maximum atomic E-state index is 12.6. The minimum Gasteiger partial charge on any atom is -0.497 e. The van der Waals surface area contributed by atoms with Gasteiger partial charge in [0.1, 0.15) is 11.5 Å². The van der Waals surface area contributed by atoms with Crippen molar-refractivity contribution in [3.8, 4) is 11.5 Å². The third-order valence-electron chi connectivity index (χ3n) is 4.65. The summed E-state index contributed by atoms with van der Waals surface area (Å²) in [6.45, 7) is 0.480. The van der Waals surface area contributed by atoms with Gasteiger partial charge >= 0.3 is 0 Å². The summed E-state index contributed by atoms with van der Waals surface area (Å²) in [5.41, 5.74) is 2.81. The van der Waals surface area contributed by atoms with Gasteiger partial charge in [-0.05, 0) is 42.5 Å². The number of methoxy groups -OCH3 is 2. The van der Waals surface area contributed by atoms with E-state index < -0.39 is 0 Å². The fourth-order valence-electron chi connectivity index (χ4n) is 3.09. The van der Waals surface area contributed by atoms with Crippen molar-refractivity contribution in [2.45, 2.75) is 6.54 Å². The molecule has 1 amide bonds. The summed E-state index contributed by atoms with van der Waals surface area (Å²) in [6, 6.07) is 14.8. The minimum atomic E-state index is -0.226. The van der Waals surface area contributed by atoms with Gasteiger partial charge in [0.05, 0.1) is 32.5 Å². The Hall–Kier alpha value is -3.39. The summed E-state index contributed by atoms with van der Waals surface area (Å²) < 4.78 is 13.4. The smallest absolute Gasteiger partial charge is 0.257 e. The zero-order valence-electron chi connectivity index (χ0n) is 16.4. The van der Waals surface area contributed by atoms with Crippen molar-refractivity contribution in [3.63, 3.8) is 0 Å². The molecule has 0 radical (unpaired) electrons. The number of ether oxygens (including phenoxy) is 2. The molecule has 8 heteroatoms. The van der Waals surface area contributed by atoms with Gasteiger partial charge in [-0.25, -0.2) is 9.67 Å². The van der Waals surface area contributed by atoms with Crippen LogP contribution in [-0.4, -0.2) is 34.9 Å². The van der Waals surface area contributed by atoms with Gasteiger partial charge in [0.25, 0.3) is 5.91 Å². The predicted octanol–water partition coefficient (Wildman–Crippen LogP) is 4.51. The van der Waals surface area contributed by atoms with Crippen molar-refractivity contribution in [3.05, 3.63) is 76.5 Å². The van der Waals surface area contributed by atoms with Crippen LogP contribution in [0.15, 0.2) is 65.4 Å². The topological polar surface area (TPSA) is 78.3 Å². The number of nitrogens with zero attached hydrogens (tertiary/aromatic N) is 3. The third-order valence-corrected chi connectivity index (χ3v) is 5.18. The summed E-state index contributed by atoms with van der Waals surface area (Å²) in [5.74, 6) is 1.21. The summed E-state index contributed by atoms with van der Waals surface area (Å²) >= 11 is 3.38. The first kappa shape index (κ1) is 19.9. The lowest BCUT2D eigenvalue weighted by molar-refractivity contribution is 0.102. The number of carbonyl (C=O) groups is 1. The molecule has 2 heterocycles. The van der Waals surface area contributed by atoms with Crippen molar-refractivity contribution in [1.29, 1.82) is 0 Å². The van der Waals surface area contributed by atoms with E-state index in [0.29, 0.717) is 29.2 Å². The highest BCUT2D eigenvalue weighted by Gasteiger charge is 2.13.